The van der Waals surface area contributed by atoms with Crippen LogP contribution in [0.1, 0.15) is 28.0 Å². The predicted octanol–water partition coefficient (Wildman–Crippen LogP) is 2.67. The highest BCUT2D eigenvalue weighted by atomic mass is 32.2. The zero-order chi connectivity index (χ0) is 18.2. The van der Waals surface area contributed by atoms with Crippen LogP contribution >= 0.6 is 0 Å². The molecule has 0 spiro atoms. The highest BCUT2D eigenvalue weighted by Crippen LogP contribution is 2.25. The SMILES string of the molecule is C=CCN(C(=O)c1cc(C)nc2ccc(C)cc12)[C@H]1CCS(=O)(=O)C1. The van der Waals surface area contributed by atoms with Crippen LogP contribution in [0.5, 0.6) is 0 Å². The van der Waals surface area contributed by atoms with Gasteiger partial charge in [-0.25, -0.2) is 8.42 Å². The molecular formula is C19H22N2O3S. The molecule has 0 N–H and O–H groups in total. The number of nitrogens with zero attached hydrogens (tertiary/aromatic N) is 2. The van der Waals surface area contributed by atoms with Crippen molar-refractivity contribution in [2.75, 3.05) is 18.1 Å². The maximum absolute atomic E-state index is 13.3. The number of pyridine rings is 1. The molecule has 25 heavy (non-hydrogen) atoms. The molecule has 1 aromatic heterocycles. The summed E-state index contributed by atoms with van der Waals surface area (Å²) in [4.78, 5) is 19.4. The van der Waals surface area contributed by atoms with Gasteiger partial charge in [0, 0.05) is 23.7 Å². The predicted molar refractivity (Wildman–Crippen MR) is 99.5 cm³/mol. The number of hydrogen-bond acceptors (Lipinski definition) is 4. The molecule has 0 bridgehead atoms. The Morgan fingerprint density at radius 3 is 2.76 bits per heavy atom. The maximum Gasteiger partial charge on any atom is 0.255 e. The van der Waals surface area contributed by atoms with Crippen LogP contribution in [0.2, 0.25) is 0 Å². The molecule has 1 fully saturated rings. The number of aromatic nitrogens is 1. The molecule has 1 aliphatic heterocycles. The monoisotopic (exact) mass is 358 g/mol. The number of amides is 1. The number of carbonyl (C=O) groups is 1. The normalized spacial score (nSPS) is 19.0. The van der Waals surface area contributed by atoms with Gasteiger partial charge in [0.25, 0.3) is 5.91 Å². The van der Waals surface area contributed by atoms with Crippen LogP contribution in [0.25, 0.3) is 10.9 Å². The minimum absolute atomic E-state index is 0.0214. The summed E-state index contributed by atoms with van der Waals surface area (Å²) in [7, 11) is -3.07. The van der Waals surface area contributed by atoms with E-state index < -0.39 is 9.84 Å². The van der Waals surface area contributed by atoms with Gasteiger partial charge in [-0.3, -0.25) is 9.78 Å². The number of sulfone groups is 1. The highest BCUT2D eigenvalue weighted by molar-refractivity contribution is 7.91. The van der Waals surface area contributed by atoms with Crippen LogP contribution < -0.4 is 0 Å². The average Bonchev–Trinajstić information content (AvgIpc) is 2.91. The van der Waals surface area contributed by atoms with Gasteiger partial charge in [-0.2, -0.15) is 0 Å². The number of carbonyl (C=O) groups excluding carboxylic acids is 1. The Bertz CT molecular complexity index is 951. The van der Waals surface area contributed by atoms with E-state index in [0.717, 1.165) is 22.2 Å². The van der Waals surface area contributed by atoms with E-state index >= 15 is 0 Å². The summed E-state index contributed by atoms with van der Waals surface area (Å²) in [5, 5.41) is 0.797. The fraction of sp³-hybridized carbons (Fsp3) is 0.368. The van der Waals surface area contributed by atoms with Gasteiger partial charge in [0.2, 0.25) is 0 Å². The lowest BCUT2D eigenvalue weighted by atomic mass is 10.0. The fourth-order valence-corrected chi connectivity index (χ4v) is 5.09. The lowest BCUT2D eigenvalue weighted by Crippen LogP contribution is -2.41. The molecule has 0 saturated carbocycles. The van der Waals surface area contributed by atoms with E-state index in [9.17, 15) is 13.2 Å². The summed E-state index contributed by atoms with van der Waals surface area (Å²) < 4.78 is 23.7. The van der Waals surface area contributed by atoms with Crippen LogP contribution in [0.4, 0.5) is 0 Å². The van der Waals surface area contributed by atoms with Crippen LogP contribution in [-0.2, 0) is 9.84 Å². The second-order valence-corrected chi connectivity index (χ2v) is 8.86. The van der Waals surface area contributed by atoms with Crippen LogP contribution in [-0.4, -0.2) is 48.3 Å². The van der Waals surface area contributed by atoms with E-state index in [1.807, 2.05) is 32.0 Å². The van der Waals surface area contributed by atoms with E-state index in [4.69, 9.17) is 0 Å². The van der Waals surface area contributed by atoms with Gasteiger partial charge in [0.1, 0.15) is 0 Å². The van der Waals surface area contributed by atoms with Gasteiger partial charge in [0.15, 0.2) is 9.84 Å². The zero-order valence-corrected chi connectivity index (χ0v) is 15.3. The molecule has 5 nitrogen and oxygen atoms in total. The molecule has 0 unspecified atom stereocenters. The molecule has 1 atom stereocenters. The van der Waals surface area contributed by atoms with Crippen molar-refractivity contribution in [2.24, 2.45) is 0 Å². The first-order chi connectivity index (χ1) is 11.8. The minimum atomic E-state index is -3.07. The zero-order valence-electron chi connectivity index (χ0n) is 14.5. The second-order valence-electron chi connectivity index (χ2n) is 6.63. The van der Waals surface area contributed by atoms with Crippen molar-refractivity contribution in [3.8, 4) is 0 Å². The highest BCUT2D eigenvalue weighted by Gasteiger charge is 2.35. The molecule has 1 amide bonds. The Kier molecular flexibility index (Phi) is 4.64. The van der Waals surface area contributed by atoms with Crippen molar-refractivity contribution in [1.29, 1.82) is 0 Å². The van der Waals surface area contributed by atoms with Crippen LogP contribution in [0.15, 0.2) is 36.9 Å². The number of benzene rings is 1. The smallest absolute Gasteiger partial charge is 0.255 e. The van der Waals surface area contributed by atoms with Crippen molar-refractivity contribution < 1.29 is 13.2 Å². The first kappa shape index (κ1) is 17.6. The molecule has 132 valence electrons. The molecule has 3 rings (SSSR count). The lowest BCUT2D eigenvalue weighted by Gasteiger charge is -2.27. The van der Waals surface area contributed by atoms with Gasteiger partial charge in [-0.05, 0) is 38.5 Å². The van der Waals surface area contributed by atoms with Crippen molar-refractivity contribution >= 4 is 26.6 Å². The first-order valence-corrected chi connectivity index (χ1v) is 10.1. The molecule has 0 radical (unpaired) electrons. The van der Waals surface area contributed by atoms with Gasteiger partial charge in [-0.1, -0.05) is 17.7 Å². The molecule has 1 aliphatic rings. The van der Waals surface area contributed by atoms with E-state index in [1.165, 1.54) is 0 Å². The second kappa shape index (κ2) is 6.59. The summed E-state index contributed by atoms with van der Waals surface area (Å²) in [5.41, 5.74) is 3.15. The molecule has 1 aromatic carbocycles. The van der Waals surface area contributed by atoms with Crippen molar-refractivity contribution in [3.63, 3.8) is 0 Å². The number of rotatable bonds is 4. The van der Waals surface area contributed by atoms with Gasteiger partial charge < -0.3 is 4.90 Å². The van der Waals surface area contributed by atoms with Gasteiger partial charge in [0.05, 0.1) is 22.6 Å². The first-order valence-electron chi connectivity index (χ1n) is 8.31. The molecular weight excluding hydrogens is 336 g/mol. The Morgan fingerprint density at radius 1 is 1.36 bits per heavy atom. The van der Waals surface area contributed by atoms with Crippen molar-refractivity contribution in [2.45, 2.75) is 26.3 Å². The number of aryl methyl sites for hydroxylation is 2. The van der Waals surface area contributed by atoms with Crippen LogP contribution in [0.3, 0.4) is 0 Å². The number of hydrogen-bond donors (Lipinski definition) is 0. The average molecular weight is 358 g/mol. The lowest BCUT2D eigenvalue weighted by molar-refractivity contribution is 0.0722. The van der Waals surface area contributed by atoms with Gasteiger partial charge >= 0.3 is 0 Å². The molecule has 1 saturated heterocycles. The minimum Gasteiger partial charge on any atom is -0.331 e. The Morgan fingerprint density at radius 2 is 2.12 bits per heavy atom. The third kappa shape index (κ3) is 3.58. The summed E-state index contributed by atoms with van der Waals surface area (Å²) in [6, 6.07) is 7.31. The van der Waals surface area contributed by atoms with E-state index in [1.54, 1.807) is 17.0 Å². The Labute approximate surface area is 148 Å². The molecule has 6 heteroatoms. The Balaban J connectivity index is 2.07. The fourth-order valence-electron chi connectivity index (χ4n) is 3.36. The largest absolute Gasteiger partial charge is 0.331 e. The topological polar surface area (TPSA) is 67.3 Å². The summed E-state index contributed by atoms with van der Waals surface area (Å²) in [6.45, 7) is 7.88. The molecule has 0 aliphatic carbocycles. The Hall–Kier alpha value is -2.21. The van der Waals surface area contributed by atoms with E-state index in [0.29, 0.717) is 18.5 Å². The third-order valence-electron chi connectivity index (χ3n) is 4.56. The summed E-state index contributed by atoms with van der Waals surface area (Å²) in [5.74, 6) is -0.00961. The van der Waals surface area contributed by atoms with Crippen LogP contribution in [0, 0.1) is 13.8 Å². The third-order valence-corrected chi connectivity index (χ3v) is 6.31. The van der Waals surface area contributed by atoms with E-state index in [2.05, 4.69) is 11.6 Å². The summed E-state index contributed by atoms with van der Waals surface area (Å²) in [6.07, 6.45) is 2.12. The maximum atomic E-state index is 13.3. The molecule has 2 aromatic rings. The van der Waals surface area contributed by atoms with Crippen molar-refractivity contribution in [1.82, 2.24) is 9.88 Å². The van der Waals surface area contributed by atoms with Gasteiger partial charge in [-0.15, -0.1) is 6.58 Å². The molecule has 2 heterocycles. The standard InChI is InChI=1S/C19H22N2O3S/c1-4-8-21(15-7-9-25(23,24)12-15)19(22)17-11-14(3)20-18-6-5-13(2)10-16(17)18/h4-6,10-11,15H,1,7-9,12H2,2-3H3/t15-/m0/s1. The van der Waals surface area contributed by atoms with E-state index in [-0.39, 0.29) is 23.5 Å². The number of fused-ring (bicyclic) bond motifs is 1. The summed E-state index contributed by atoms with van der Waals surface area (Å²) >= 11 is 0. The van der Waals surface area contributed by atoms with Crippen molar-refractivity contribution in [3.05, 3.63) is 53.7 Å². The quantitative estimate of drug-likeness (QED) is 0.788.